The smallest absolute Gasteiger partial charge is 0.225 e. The second-order valence-electron chi connectivity index (χ2n) is 4.34. The van der Waals surface area contributed by atoms with Crippen LogP contribution in [0.15, 0.2) is 6.33 Å². The van der Waals surface area contributed by atoms with Crippen LogP contribution < -0.4 is 0 Å². The van der Waals surface area contributed by atoms with Gasteiger partial charge in [0.25, 0.3) is 0 Å². The number of hydrogen-bond acceptors (Lipinski definition) is 2. The van der Waals surface area contributed by atoms with Gasteiger partial charge >= 0.3 is 0 Å². The highest BCUT2D eigenvalue weighted by atomic mass is 35.5. The van der Waals surface area contributed by atoms with E-state index < -0.39 is 0 Å². The monoisotopic (exact) mass is 213 g/mol. The van der Waals surface area contributed by atoms with Crippen LogP contribution >= 0.6 is 11.6 Å². The van der Waals surface area contributed by atoms with E-state index in [9.17, 15) is 0 Å². The van der Waals surface area contributed by atoms with Gasteiger partial charge in [-0.1, -0.05) is 26.7 Å². The second kappa shape index (κ2) is 3.89. The Morgan fingerprint density at radius 1 is 1.43 bits per heavy atom. The molecular formula is C10H16ClN3. The van der Waals surface area contributed by atoms with Crippen molar-refractivity contribution in [3.05, 3.63) is 11.6 Å². The Kier molecular flexibility index (Phi) is 2.77. The summed E-state index contributed by atoms with van der Waals surface area (Å²) in [5, 5.41) is 8.19. The lowest BCUT2D eigenvalue weighted by atomic mass is 9.78. The molecule has 0 amide bonds. The van der Waals surface area contributed by atoms with Crippen molar-refractivity contribution >= 4 is 11.6 Å². The summed E-state index contributed by atoms with van der Waals surface area (Å²) in [6, 6.07) is 0.487. The van der Waals surface area contributed by atoms with Crippen LogP contribution in [-0.4, -0.2) is 14.8 Å². The Morgan fingerprint density at radius 2 is 2.21 bits per heavy atom. The van der Waals surface area contributed by atoms with Gasteiger partial charge < -0.3 is 4.57 Å². The van der Waals surface area contributed by atoms with E-state index in [2.05, 4.69) is 24.0 Å². The lowest BCUT2D eigenvalue weighted by Gasteiger charge is -2.34. The van der Waals surface area contributed by atoms with E-state index in [1.807, 2.05) is 4.57 Å². The Hall–Kier alpha value is -0.570. The van der Waals surface area contributed by atoms with Crippen molar-refractivity contribution in [3.8, 4) is 0 Å². The fraction of sp³-hybridized carbons (Fsp3) is 0.800. The summed E-state index contributed by atoms with van der Waals surface area (Å²) in [5.74, 6) is 1.43. The Morgan fingerprint density at radius 3 is 2.86 bits per heavy atom. The van der Waals surface area contributed by atoms with Gasteiger partial charge in [-0.3, -0.25) is 0 Å². The summed E-state index contributed by atoms with van der Waals surface area (Å²) in [6.45, 7) is 4.61. The molecule has 3 atom stereocenters. The zero-order valence-corrected chi connectivity index (χ0v) is 9.41. The third-order valence-corrected chi connectivity index (χ3v) is 3.82. The normalized spacial score (nSPS) is 33.2. The van der Waals surface area contributed by atoms with E-state index in [1.54, 1.807) is 6.33 Å². The topological polar surface area (TPSA) is 30.7 Å². The molecule has 0 N–H and O–H groups in total. The van der Waals surface area contributed by atoms with Crippen LogP contribution in [0.2, 0.25) is 5.28 Å². The van der Waals surface area contributed by atoms with Crippen LogP contribution in [0.1, 0.15) is 39.2 Å². The molecule has 0 aromatic carbocycles. The number of rotatable bonds is 1. The van der Waals surface area contributed by atoms with Gasteiger partial charge in [0.05, 0.1) is 0 Å². The summed E-state index contributed by atoms with van der Waals surface area (Å²) in [4.78, 5) is 0. The maximum atomic E-state index is 5.98. The van der Waals surface area contributed by atoms with E-state index in [1.165, 1.54) is 19.3 Å². The van der Waals surface area contributed by atoms with E-state index in [4.69, 9.17) is 11.6 Å². The van der Waals surface area contributed by atoms with Gasteiger partial charge in [-0.15, -0.1) is 10.2 Å². The molecule has 1 aliphatic rings. The fourth-order valence-corrected chi connectivity index (χ4v) is 2.61. The predicted molar refractivity (Wildman–Crippen MR) is 56.2 cm³/mol. The minimum absolute atomic E-state index is 0.487. The van der Waals surface area contributed by atoms with Crippen molar-refractivity contribution in [2.24, 2.45) is 11.8 Å². The average molecular weight is 214 g/mol. The zero-order chi connectivity index (χ0) is 10.1. The molecule has 1 aliphatic carbocycles. The van der Waals surface area contributed by atoms with Crippen molar-refractivity contribution in [2.75, 3.05) is 0 Å². The highest BCUT2D eigenvalue weighted by molar-refractivity contribution is 6.28. The molecular weight excluding hydrogens is 198 g/mol. The lowest BCUT2D eigenvalue weighted by Crippen LogP contribution is -2.26. The number of halogens is 1. The Bertz CT molecular complexity index is 310. The van der Waals surface area contributed by atoms with Gasteiger partial charge in [-0.25, -0.2) is 0 Å². The van der Waals surface area contributed by atoms with Gasteiger partial charge in [0.1, 0.15) is 6.33 Å². The van der Waals surface area contributed by atoms with E-state index in [0.717, 1.165) is 5.92 Å². The van der Waals surface area contributed by atoms with E-state index in [-0.39, 0.29) is 0 Å². The van der Waals surface area contributed by atoms with E-state index >= 15 is 0 Å². The summed E-state index contributed by atoms with van der Waals surface area (Å²) in [7, 11) is 0. The van der Waals surface area contributed by atoms with Crippen LogP contribution in [0, 0.1) is 11.8 Å². The van der Waals surface area contributed by atoms with Gasteiger partial charge in [-0.2, -0.15) is 0 Å². The minimum Gasteiger partial charge on any atom is -0.301 e. The number of nitrogens with zero attached hydrogens (tertiary/aromatic N) is 3. The molecule has 1 aromatic heterocycles. The molecule has 3 nitrogen and oxygen atoms in total. The minimum atomic E-state index is 0.487. The number of aromatic nitrogens is 3. The third-order valence-electron chi connectivity index (χ3n) is 3.55. The molecule has 0 radical (unpaired) electrons. The first-order valence-corrected chi connectivity index (χ1v) is 5.63. The van der Waals surface area contributed by atoms with Crippen molar-refractivity contribution in [1.82, 2.24) is 14.8 Å². The molecule has 2 rings (SSSR count). The van der Waals surface area contributed by atoms with Gasteiger partial charge in [0.15, 0.2) is 0 Å². The molecule has 3 unspecified atom stereocenters. The maximum absolute atomic E-state index is 5.98. The SMILES string of the molecule is CC1CCCC(n2cnnc2Cl)C1C. The summed E-state index contributed by atoms with van der Waals surface area (Å²) >= 11 is 5.98. The van der Waals surface area contributed by atoms with Gasteiger partial charge in [0, 0.05) is 6.04 Å². The van der Waals surface area contributed by atoms with Crippen LogP contribution in [0.3, 0.4) is 0 Å². The standard InChI is InChI=1S/C10H16ClN3/c1-7-4-3-5-9(8(7)2)14-6-12-13-10(14)11/h6-9H,3-5H2,1-2H3. The van der Waals surface area contributed by atoms with Crippen molar-refractivity contribution in [1.29, 1.82) is 0 Å². The molecule has 1 heterocycles. The van der Waals surface area contributed by atoms with Gasteiger partial charge in [0.2, 0.25) is 5.28 Å². The van der Waals surface area contributed by atoms with Crippen LogP contribution in [-0.2, 0) is 0 Å². The molecule has 0 bridgehead atoms. The summed E-state index contributed by atoms with van der Waals surface area (Å²) in [5.41, 5.74) is 0. The quantitative estimate of drug-likeness (QED) is 0.718. The molecule has 0 aliphatic heterocycles. The Balaban J connectivity index is 2.21. The highest BCUT2D eigenvalue weighted by Crippen LogP contribution is 2.38. The third kappa shape index (κ3) is 1.65. The van der Waals surface area contributed by atoms with Crippen molar-refractivity contribution in [3.63, 3.8) is 0 Å². The lowest BCUT2D eigenvalue weighted by molar-refractivity contribution is 0.186. The first kappa shape index (κ1) is 9.97. The number of hydrogen-bond donors (Lipinski definition) is 0. The molecule has 78 valence electrons. The molecule has 0 saturated heterocycles. The molecule has 0 spiro atoms. The average Bonchev–Trinajstić information content (AvgIpc) is 2.57. The summed E-state index contributed by atoms with van der Waals surface area (Å²) < 4.78 is 2.02. The van der Waals surface area contributed by atoms with Crippen molar-refractivity contribution in [2.45, 2.75) is 39.2 Å². The fourth-order valence-electron chi connectivity index (χ4n) is 2.40. The maximum Gasteiger partial charge on any atom is 0.225 e. The molecule has 4 heteroatoms. The molecule has 1 aromatic rings. The van der Waals surface area contributed by atoms with Crippen LogP contribution in [0.4, 0.5) is 0 Å². The molecule has 1 fully saturated rings. The largest absolute Gasteiger partial charge is 0.301 e. The Labute approximate surface area is 89.5 Å². The second-order valence-corrected chi connectivity index (χ2v) is 4.68. The van der Waals surface area contributed by atoms with Crippen molar-refractivity contribution < 1.29 is 0 Å². The van der Waals surface area contributed by atoms with Gasteiger partial charge in [-0.05, 0) is 29.9 Å². The summed E-state index contributed by atoms with van der Waals surface area (Å²) in [6.07, 6.45) is 5.56. The first-order chi connectivity index (χ1) is 6.70. The predicted octanol–water partition coefficient (Wildman–Crippen LogP) is 2.93. The highest BCUT2D eigenvalue weighted by Gasteiger charge is 2.29. The van der Waals surface area contributed by atoms with Crippen LogP contribution in [0.5, 0.6) is 0 Å². The zero-order valence-electron chi connectivity index (χ0n) is 8.65. The van der Waals surface area contributed by atoms with E-state index in [0.29, 0.717) is 17.2 Å². The van der Waals surface area contributed by atoms with Crippen LogP contribution in [0.25, 0.3) is 0 Å². The molecule has 1 saturated carbocycles. The first-order valence-electron chi connectivity index (χ1n) is 5.25. The molecule has 14 heavy (non-hydrogen) atoms.